The Morgan fingerprint density at radius 3 is 2.23 bits per heavy atom. The van der Waals surface area contributed by atoms with Gasteiger partial charge >= 0.3 is 0 Å². The van der Waals surface area contributed by atoms with Gasteiger partial charge in [-0.05, 0) is 34.2 Å². The fourth-order valence-corrected chi connectivity index (χ4v) is 3.98. The van der Waals surface area contributed by atoms with E-state index in [9.17, 15) is 4.79 Å². The summed E-state index contributed by atoms with van der Waals surface area (Å²) in [5.74, 6) is -0.136. The minimum absolute atomic E-state index is 0.0726. The predicted molar refractivity (Wildman–Crippen MR) is 131 cm³/mol. The molecule has 5 heteroatoms. The SMILES string of the molecule is C=CCN(CC=C)C(C(=O)Nc1ccc(C(C)(C)C)c(Cl)c1)c1ccc(COC)cc1. The quantitative estimate of drug-likeness (QED) is 0.451. The monoisotopic (exact) mass is 440 g/mol. The van der Waals surface area contributed by atoms with Gasteiger partial charge in [-0.25, -0.2) is 0 Å². The first-order valence-corrected chi connectivity index (χ1v) is 10.7. The van der Waals surface area contributed by atoms with Crippen molar-refractivity contribution in [3.8, 4) is 0 Å². The van der Waals surface area contributed by atoms with Gasteiger partial charge in [-0.1, -0.05) is 74.9 Å². The number of carbonyl (C=O) groups is 1. The van der Waals surface area contributed by atoms with E-state index < -0.39 is 6.04 Å². The van der Waals surface area contributed by atoms with Crippen molar-refractivity contribution < 1.29 is 9.53 Å². The Balaban J connectivity index is 2.36. The number of hydrogen-bond acceptors (Lipinski definition) is 3. The number of carbonyl (C=O) groups excluding carboxylic acids is 1. The maximum Gasteiger partial charge on any atom is 0.246 e. The second-order valence-corrected chi connectivity index (χ2v) is 8.95. The van der Waals surface area contributed by atoms with Crippen molar-refractivity contribution in [2.75, 3.05) is 25.5 Å². The average molecular weight is 441 g/mol. The number of amides is 1. The number of hydrogen-bond donors (Lipinski definition) is 1. The van der Waals surface area contributed by atoms with E-state index in [1.165, 1.54) is 0 Å². The molecule has 0 spiro atoms. The highest BCUT2D eigenvalue weighted by atomic mass is 35.5. The Hall–Kier alpha value is -2.40. The Morgan fingerprint density at radius 2 is 1.74 bits per heavy atom. The summed E-state index contributed by atoms with van der Waals surface area (Å²) in [5.41, 5.74) is 3.57. The molecule has 0 saturated carbocycles. The number of anilines is 1. The van der Waals surface area contributed by atoms with Crippen LogP contribution in [-0.2, 0) is 21.6 Å². The van der Waals surface area contributed by atoms with Crippen LogP contribution in [0.4, 0.5) is 5.69 Å². The molecule has 0 aliphatic carbocycles. The zero-order chi connectivity index (χ0) is 23.0. The summed E-state index contributed by atoms with van der Waals surface area (Å²) in [5, 5.41) is 3.68. The van der Waals surface area contributed by atoms with Crippen molar-refractivity contribution >= 4 is 23.2 Å². The molecule has 1 atom stereocenters. The molecule has 2 aromatic rings. The molecule has 0 fully saturated rings. The molecular formula is C26H33ClN2O2. The number of halogens is 1. The molecule has 0 heterocycles. The molecule has 2 aromatic carbocycles. The average Bonchev–Trinajstić information content (AvgIpc) is 2.69. The van der Waals surface area contributed by atoms with Crippen LogP contribution >= 0.6 is 11.6 Å². The fourth-order valence-electron chi connectivity index (χ4n) is 3.52. The molecular weight excluding hydrogens is 408 g/mol. The summed E-state index contributed by atoms with van der Waals surface area (Å²) in [4.78, 5) is 15.4. The lowest BCUT2D eigenvalue weighted by Crippen LogP contribution is -2.37. The summed E-state index contributed by atoms with van der Waals surface area (Å²) in [7, 11) is 1.66. The van der Waals surface area contributed by atoms with Gasteiger partial charge in [0.2, 0.25) is 5.91 Å². The van der Waals surface area contributed by atoms with Crippen LogP contribution in [0, 0.1) is 0 Å². The van der Waals surface area contributed by atoms with Crippen molar-refractivity contribution in [2.45, 2.75) is 38.8 Å². The zero-order valence-corrected chi connectivity index (χ0v) is 19.7. The number of rotatable bonds is 10. The van der Waals surface area contributed by atoms with E-state index in [0.29, 0.717) is 30.4 Å². The lowest BCUT2D eigenvalue weighted by Gasteiger charge is -2.29. The van der Waals surface area contributed by atoms with Crippen LogP contribution in [0.2, 0.25) is 5.02 Å². The normalized spacial score (nSPS) is 12.5. The van der Waals surface area contributed by atoms with Crippen LogP contribution in [0.1, 0.15) is 43.5 Å². The Bertz CT molecular complexity index is 891. The minimum atomic E-state index is -0.506. The molecule has 2 rings (SSSR count). The second-order valence-electron chi connectivity index (χ2n) is 8.54. The third kappa shape index (κ3) is 6.79. The number of nitrogens with zero attached hydrogens (tertiary/aromatic N) is 1. The molecule has 0 aliphatic heterocycles. The molecule has 31 heavy (non-hydrogen) atoms. The lowest BCUT2D eigenvalue weighted by atomic mass is 9.87. The fraction of sp³-hybridized carbons (Fsp3) is 0.346. The van der Waals surface area contributed by atoms with Crippen LogP contribution in [0.3, 0.4) is 0 Å². The van der Waals surface area contributed by atoms with Crippen LogP contribution in [0.15, 0.2) is 67.8 Å². The lowest BCUT2D eigenvalue weighted by molar-refractivity contribution is -0.121. The number of nitrogens with one attached hydrogen (secondary N) is 1. The van der Waals surface area contributed by atoms with Gasteiger partial charge in [0.1, 0.15) is 6.04 Å². The van der Waals surface area contributed by atoms with Gasteiger partial charge in [0, 0.05) is 30.9 Å². The zero-order valence-electron chi connectivity index (χ0n) is 19.0. The van der Waals surface area contributed by atoms with Crippen LogP contribution < -0.4 is 5.32 Å². The minimum Gasteiger partial charge on any atom is -0.380 e. The van der Waals surface area contributed by atoms with Crippen LogP contribution in [0.25, 0.3) is 0 Å². The van der Waals surface area contributed by atoms with E-state index in [2.05, 4.69) is 39.2 Å². The maximum absolute atomic E-state index is 13.4. The van der Waals surface area contributed by atoms with Gasteiger partial charge in [-0.2, -0.15) is 0 Å². The molecule has 0 radical (unpaired) electrons. The summed E-state index contributed by atoms with van der Waals surface area (Å²) < 4.78 is 5.20. The highest BCUT2D eigenvalue weighted by molar-refractivity contribution is 6.31. The van der Waals surface area contributed by atoms with E-state index in [-0.39, 0.29) is 11.3 Å². The third-order valence-electron chi connectivity index (χ3n) is 4.99. The highest BCUT2D eigenvalue weighted by Crippen LogP contribution is 2.32. The largest absolute Gasteiger partial charge is 0.380 e. The summed E-state index contributed by atoms with van der Waals surface area (Å²) in [6, 6.07) is 13.1. The highest BCUT2D eigenvalue weighted by Gasteiger charge is 2.27. The molecule has 1 amide bonds. The first kappa shape index (κ1) is 24.9. The molecule has 166 valence electrons. The molecule has 0 aromatic heterocycles. The molecule has 1 N–H and O–H groups in total. The van der Waals surface area contributed by atoms with E-state index in [0.717, 1.165) is 16.7 Å². The van der Waals surface area contributed by atoms with E-state index >= 15 is 0 Å². The predicted octanol–water partition coefficient (Wildman–Crippen LogP) is 6.14. The number of methoxy groups -OCH3 is 1. The van der Waals surface area contributed by atoms with Crippen molar-refractivity contribution in [3.05, 3.63) is 89.5 Å². The summed E-state index contributed by atoms with van der Waals surface area (Å²) in [6.07, 6.45) is 3.58. The topological polar surface area (TPSA) is 41.6 Å². The second kappa shape index (κ2) is 11.3. The van der Waals surface area contributed by atoms with Gasteiger partial charge in [-0.15, -0.1) is 13.2 Å². The number of ether oxygens (including phenoxy) is 1. The van der Waals surface area contributed by atoms with Gasteiger partial charge in [0.25, 0.3) is 0 Å². The summed E-state index contributed by atoms with van der Waals surface area (Å²) >= 11 is 6.50. The molecule has 0 aliphatic rings. The van der Waals surface area contributed by atoms with Gasteiger partial charge < -0.3 is 10.1 Å². The first-order chi connectivity index (χ1) is 14.7. The van der Waals surface area contributed by atoms with Gasteiger partial charge in [0.05, 0.1) is 6.61 Å². The van der Waals surface area contributed by atoms with E-state index in [1.54, 1.807) is 19.3 Å². The van der Waals surface area contributed by atoms with E-state index in [4.69, 9.17) is 16.3 Å². The van der Waals surface area contributed by atoms with Crippen LogP contribution in [-0.4, -0.2) is 31.0 Å². The van der Waals surface area contributed by atoms with Crippen molar-refractivity contribution in [1.29, 1.82) is 0 Å². The molecule has 4 nitrogen and oxygen atoms in total. The number of benzene rings is 2. The third-order valence-corrected chi connectivity index (χ3v) is 5.30. The molecule has 0 saturated heterocycles. The smallest absolute Gasteiger partial charge is 0.246 e. The van der Waals surface area contributed by atoms with Gasteiger partial charge in [0.15, 0.2) is 0 Å². The summed E-state index contributed by atoms with van der Waals surface area (Å²) in [6.45, 7) is 15.6. The van der Waals surface area contributed by atoms with E-state index in [1.807, 2.05) is 47.4 Å². The maximum atomic E-state index is 13.4. The first-order valence-electron chi connectivity index (χ1n) is 10.4. The Kier molecular flexibility index (Phi) is 9.05. The van der Waals surface area contributed by atoms with Crippen molar-refractivity contribution in [2.24, 2.45) is 0 Å². The standard InChI is InChI=1S/C26H33ClN2O2/c1-7-15-29(16-8-2)24(20-11-9-19(10-12-20)18-31-6)25(30)28-21-13-14-22(23(27)17-21)26(3,4)5/h7-14,17,24H,1-2,15-16,18H2,3-6H3,(H,28,30). The molecule has 0 bridgehead atoms. The van der Waals surface area contributed by atoms with Crippen molar-refractivity contribution in [3.63, 3.8) is 0 Å². The Labute approximate surface area is 191 Å². The van der Waals surface area contributed by atoms with Gasteiger partial charge in [-0.3, -0.25) is 9.69 Å². The van der Waals surface area contributed by atoms with Crippen molar-refractivity contribution in [1.82, 2.24) is 4.90 Å². The molecule has 1 unspecified atom stereocenters. The Morgan fingerprint density at radius 1 is 1.13 bits per heavy atom. The van der Waals surface area contributed by atoms with Crippen LogP contribution in [0.5, 0.6) is 0 Å².